The van der Waals surface area contributed by atoms with Gasteiger partial charge in [0, 0.05) is 12.1 Å². The van der Waals surface area contributed by atoms with Crippen molar-refractivity contribution in [1.29, 1.82) is 0 Å². The van der Waals surface area contributed by atoms with Crippen LogP contribution in [-0.2, 0) is 0 Å². The van der Waals surface area contributed by atoms with E-state index in [9.17, 15) is 0 Å². The van der Waals surface area contributed by atoms with Crippen LogP contribution < -0.4 is 14.8 Å². The summed E-state index contributed by atoms with van der Waals surface area (Å²) < 4.78 is 15.6. The molecule has 2 rings (SSSR count). The van der Waals surface area contributed by atoms with E-state index in [1.54, 1.807) is 14.2 Å². The third-order valence-corrected chi connectivity index (χ3v) is 2.87. The maximum atomic E-state index is 5.26. The Labute approximate surface area is 118 Å². The molecule has 0 amide bonds. The molecule has 0 saturated carbocycles. The number of ether oxygens (including phenoxy) is 2. The molecule has 0 atom stereocenters. The van der Waals surface area contributed by atoms with E-state index >= 15 is 0 Å². The van der Waals surface area contributed by atoms with E-state index in [4.69, 9.17) is 14.0 Å². The summed E-state index contributed by atoms with van der Waals surface area (Å²) in [7, 11) is 3.19. The van der Waals surface area contributed by atoms with Gasteiger partial charge in [-0.2, -0.15) is 4.98 Å². The smallest absolute Gasteiger partial charge is 0.321 e. The molecule has 2 aromatic rings. The van der Waals surface area contributed by atoms with Crippen molar-refractivity contribution in [3.05, 3.63) is 18.2 Å². The van der Waals surface area contributed by atoms with Gasteiger partial charge in [0.1, 0.15) is 0 Å². The van der Waals surface area contributed by atoms with Crippen molar-refractivity contribution in [1.82, 2.24) is 10.1 Å². The standard InChI is InChI=1S/C14H19N3O3/c1-4-5-8-15-14-16-13(17-20-14)10-6-7-11(18-2)12(9-10)19-3/h6-7,9H,4-5,8H2,1-3H3,(H,15,16,17). The van der Waals surface area contributed by atoms with E-state index in [1.807, 2.05) is 18.2 Å². The van der Waals surface area contributed by atoms with Gasteiger partial charge in [0.05, 0.1) is 14.2 Å². The predicted molar refractivity (Wildman–Crippen MR) is 76.2 cm³/mol. The molecule has 1 aromatic carbocycles. The summed E-state index contributed by atoms with van der Waals surface area (Å²) in [4.78, 5) is 4.30. The summed E-state index contributed by atoms with van der Waals surface area (Å²) >= 11 is 0. The fourth-order valence-corrected chi connectivity index (χ4v) is 1.76. The van der Waals surface area contributed by atoms with Gasteiger partial charge in [-0.15, -0.1) is 0 Å². The fraction of sp³-hybridized carbons (Fsp3) is 0.429. The van der Waals surface area contributed by atoms with Gasteiger partial charge in [0.25, 0.3) is 0 Å². The first-order valence-electron chi connectivity index (χ1n) is 6.58. The maximum absolute atomic E-state index is 5.26. The van der Waals surface area contributed by atoms with Gasteiger partial charge in [-0.1, -0.05) is 18.5 Å². The summed E-state index contributed by atoms with van der Waals surface area (Å²) in [5, 5.41) is 7.04. The van der Waals surface area contributed by atoms with Gasteiger partial charge in [-0.3, -0.25) is 0 Å². The first-order valence-corrected chi connectivity index (χ1v) is 6.58. The van der Waals surface area contributed by atoms with E-state index < -0.39 is 0 Å². The Hall–Kier alpha value is -2.24. The molecule has 0 saturated heterocycles. The normalized spacial score (nSPS) is 10.3. The lowest BCUT2D eigenvalue weighted by Crippen LogP contribution is -2.00. The average Bonchev–Trinajstić information content (AvgIpc) is 2.95. The Morgan fingerprint density at radius 2 is 2.00 bits per heavy atom. The minimum absolute atomic E-state index is 0.434. The zero-order chi connectivity index (χ0) is 14.4. The lowest BCUT2D eigenvalue weighted by molar-refractivity contribution is 0.355. The first kappa shape index (κ1) is 14.2. The molecule has 0 aliphatic rings. The van der Waals surface area contributed by atoms with Crippen LogP contribution in [0, 0.1) is 0 Å². The van der Waals surface area contributed by atoms with Crippen LogP contribution in [0.5, 0.6) is 11.5 Å². The van der Waals surface area contributed by atoms with E-state index in [0.717, 1.165) is 24.9 Å². The molecule has 0 radical (unpaired) electrons. The average molecular weight is 277 g/mol. The molecule has 0 aliphatic carbocycles. The number of nitrogens with zero attached hydrogens (tertiary/aromatic N) is 2. The number of rotatable bonds is 7. The quantitative estimate of drug-likeness (QED) is 0.785. The first-order chi connectivity index (χ1) is 9.78. The molecule has 0 fully saturated rings. The molecule has 0 bridgehead atoms. The molecule has 1 N–H and O–H groups in total. The van der Waals surface area contributed by atoms with Gasteiger partial charge in [0.2, 0.25) is 5.82 Å². The third-order valence-electron chi connectivity index (χ3n) is 2.87. The highest BCUT2D eigenvalue weighted by atomic mass is 16.5. The van der Waals surface area contributed by atoms with Crippen molar-refractivity contribution in [3.63, 3.8) is 0 Å². The number of hydrogen-bond acceptors (Lipinski definition) is 6. The summed E-state index contributed by atoms with van der Waals surface area (Å²) in [5.74, 6) is 1.82. The number of anilines is 1. The number of nitrogens with one attached hydrogen (secondary N) is 1. The van der Waals surface area contributed by atoms with Crippen molar-refractivity contribution in [2.24, 2.45) is 0 Å². The van der Waals surface area contributed by atoms with E-state index in [-0.39, 0.29) is 0 Å². The molecule has 20 heavy (non-hydrogen) atoms. The van der Waals surface area contributed by atoms with Crippen LogP contribution in [0.15, 0.2) is 22.7 Å². The van der Waals surface area contributed by atoms with E-state index in [0.29, 0.717) is 23.3 Å². The SMILES string of the molecule is CCCCNc1nc(-c2ccc(OC)c(OC)c2)no1. The summed E-state index contributed by atoms with van der Waals surface area (Å²) in [6, 6.07) is 5.93. The Morgan fingerprint density at radius 1 is 1.20 bits per heavy atom. The molecule has 6 heteroatoms. The number of unbranched alkanes of at least 4 members (excludes halogenated alkanes) is 1. The van der Waals surface area contributed by atoms with Crippen molar-refractivity contribution in [2.75, 3.05) is 26.1 Å². The maximum Gasteiger partial charge on any atom is 0.321 e. The summed E-state index contributed by atoms with van der Waals surface area (Å²) in [6.45, 7) is 2.95. The second-order valence-corrected chi connectivity index (χ2v) is 4.27. The fourth-order valence-electron chi connectivity index (χ4n) is 1.76. The summed E-state index contributed by atoms with van der Waals surface area (Å²) in [5.41, 5.74) is 0.815. The second-order valence-electron chi connectivity index (χ2n) is 4.27. The predicted octanol–water partition coefficient (Wildman–Crippen LogP) is 2.97. The van der Waals surface area contributed by atoms with Crippen molar-refractivity contribution in [3.8, 4) is 22.9 Å². The van der Waals surface area contributed by atoms with Crippen molar-refractivity contribution in [2.45, 2.75) is 19.8 Å². The zero-order valence-electron chi connectivity index (χ0n) is 12.0. The zero-order valence-corrected chi connectivity index (χ0v) is 12.0. The molecule has 1 heterocycles. The lowest BCUT2D eigenvalue weighted by Gasteiger charge is -2.07. The van der Waals surface area contributed by atoms with Gasteiger partial charge in [-0.05, 0) is 24.6 Å². The highest BCUT2D eigenvalue weighted by molar-refractivity contribution is 5.61. The van der Waals surface area contributed by atoms with Crippen LogP contribution >= 0.6 is 0 Å². The van der Waals surface area contributed by atoms with E-state index in [1.165, 1.54) is 0 Å². The van der Waals surface area contributed by atoms with Gasteiger partial charge in [0.15, 0.2) is 11.5 Å². The third kappa shape index (κ3) is 3.20. The van der Waals surface area contributed by atoms with Gasteiger partial charge >= 0.3 is 6.01 Å². The van der Waals surface area contributed by atoms with Crippen molar-refractivity contribution >= 4 is 6.01 Å². The Balaban J connectivity index is 2.15. The lowest BCUT2D eigenvalue weighted by atomic mass is 10.2. The topological polar surface area (TPSA) is 69.4 Å². The Bertz CT molecular complexity index is 554. The Kier molecular flexibility index (Phi) is 4.81. The number of benzene rings is 1. The molecule has 1 aromatic heterocycles. The van der Waals surface area contributed by atoms with Crippen molar-refractivity contribution < 1.29 is 14.0 Å². The highest BCUT2D eigenvalue weighted by Gasteiger charge is 2.11. The van der Waals surface area contributed by atoms with Gasteiger partial charge < -0.3 is 19.3 Å². The molecule has 0 unspecified atom stereocenters. The number of methoxy groups -OCH3 is 2. The molecular weight excluding hydrogens is 258 g/mol. The van der Waals surface area contributed by atoms with Crippen LogP contribution in [-0.4, -0.2) is 30.9 Å². The second kappa shape index (κ2) is 6.79. The van der Waals surface area contributed by atoms with Crippen LogP contribution in [0.2, 0.25) is 0 Å². The van der Waals surface area contributed by atoms with Crippen LogP contribution in [0.4, 0.5) is 6.01 Å². The Morgan fingerprint density at radius 3 is 2.70 bits per heavy atom. The van der Waals surface area contributed by atoms with Crippen LogP contribution in [0.25, 0.3) is 11.4 Å². The number of hydrogen-bond donors (Lipinski definition) is 1. The molecule has 6 nitrogen and oxygen atoms in total. The van der Waals surface area contributed by atoms with Crippen LogP contribution in [0.3, 0.4) is 0 Å². The minimum Gasteiger partial charge on any atom is -0.493 e. The largest absolute Gasteiger partial charge is 0.493 e. The molecule has 0 spiro atoms. The molecule has 108 valence electrons. The molecular formula is C14H19N3O3. The highest BCUT2D eigenvalue weighted by Crippen LogP contribution is 2.31. The number of aromatic nitrogens is 2. The van der Waals surface area contributed by atoms with Crippen LogP contribution in [0.1, 0.15) is 19.8 Å². The van der Waals surface area contributed by atoms with Gasteiger partial charge in [-0.25, -0.2) is 0 Å². The van der Waals surface area contributed by atoms with E-state index in [2.05, 4.69) is 22.4 Å². The minimum atomic E-state index is 0.434. The molecule has 0 aliphatic heterocycles. The monoisotopic (exact) mass is 277 g/mol. The summed E-state index contributed by atoms with van der Waals surface area (Å²) in [6.07, 6.45) is 2.18.